The van der Waals surface area contributed by atoms with Gasteiger partial charge in [0.15, 0.2) is 11.0 Å². The number of aromatic nitrogens is 3. The Kier molecular flexibility index (Phi) is 6.90. The number of benzene rings is 2. The lowest BCUT2D eigenvalue weighted by Crippen LogP contribution is -2.49. The van der Waals surface area contributed by atoms with Crippen LogP contribution in [0.15, 0.2) is 59.8 Å². The zero-order chi connectivity index (χ0) is 24.3. The minimum absolute atomic E-state index is 0.0621. The van der Waals surface area contributed by atoms with Crippen LogP contribution in [0.3, 0.4) is 0 Å². The Labute approximate surface area is 205 Å². The highest BCUT2D eigenvalue weighted by atomic mass is 35.5. The Hall–Kier alpha value is -3.37. The molecule has 0 saturated carbocycles. The monoisotopic (exact) mass is 498 g/mol. The highest BCUT2D eigenvalue weighted by Gasteiger charge is 2.47. The summed E-state index contributed by atoms with van der Waals surface area (Å²) in [5, 5.41) is 13.1. The number of hydrogen-bond acceptors (Lipinski definition) is 6. The lowest BCUT2D eigenvalue weighted by Gasteiger charge is -2.19. The molecule has 0 aliphatic carbocycles. The first-order valence-electron chi connectivity index (χ1n) is 10.6. The van der Waals surface area contributed by atoms with Crippen molar-refractivity contribution >= 4 is 41.2 Å². The molecular weight excluding hydrogens is 476 g/mol. The van der Waals surface area contributed by atoms with Gasteiger partial charge in [-0.05, 0) is 43.2 Å². The lowest BCUT2D eigenvalue weighted by atomic mass is 10.00. The van der Waals surface area contributed by atoms with E-state index in [0.717, 1.165) is 16.1 Å². The van der Waals surface area contributed by atoms with Gasteiger partial charge in [0.25, 0.3) is 5.91 Å². The van der Waals surface area contributed by atoms with Crippen molar-refractivity contribution in [2.24, 2.45) is 0 Å². The van der Waals surface area contributed by atoms with E-state index < -0.39 is 23.4 Å². The van der Waals surface area contributed by atoms with Crippen LogP contribution in [0.2, 0.25) is 5.02 Å². The number of hydrogen-bond donors (Lipinski definition) is 2. The molecule has 34 heavy (non-hydrogen) atoms. The molecule has 1 aromatic heterocycles. The summed E-state index contributed by atoms with van der Waals surface area (Å²) in [6.45, 7) is 3.91. The second-order valence-corrected chi connectivity index (χ2v) is 9.34. The van der Waals surface area contributed by atoms with Gasteiger partial charge < -0.3 is 5.32 Å². The number of halogens is 1. The van der Waals surface area contributed by atoms with Crippen LogP contribution in [-0.2, 0) is 16.1 Å². The van der Waals surface area contributed by atoms with Crippen LogP contribution in [0.25, 0.3) is 11.4 Å². The van der Waals surface area contributed by atoms with E-state index in [2.05, 4.69) is 20.9 Å². The summed E-state index contributed by atoms with van der Waals surface area (Å²) in [5.74, 6) is -0.420. The van der Waals surface area contributed by atoms with Gasteiger partial charge in [0, 0.05) is 10.6 Å². The van der Waals surface area contributed by atoms with Gasteiger partial charge in [-0.3, -0.25) is 19.6 Å². The van der Waals surface area contributed by atoms with Crippen LogP contribution in [-0.4, -0.2) is 48.9 Å². The van der Waals surface area contributed by atoms with Crippen molar-refractivity contribution < 1.29 is 14.4 Å². The fraction of sp³-hybridized carbons (Fsp3) is 0.261. The Morgan fingerprint density at radius 2 is 1.82 bits per heavy atom. The molecular formula is C23H23ClN6O3S. The molecule has 0 spiro atoms. The molecule has 9 nitrogen and oxygen atoms in total. The summed E-state index contributed by atoms with van der Waals surface area (Å²) in [5.41, 5.74) is 3.24. The first-order chi connectivity index (χ1) is 16.3. The first kappa shape index (κ1) is 23.8. The summed E-state index contributed by atoms with van der Waals surface area (Å²) in [6.07, 6.45) is 0.411. The predicted octanol–water partition coefficient (Wildman–Crippen LogP) is 3.49. The third-order valence-electron chi connectivity index (χ3n) is 5.54. The fourth-order valence-electron chi connectivity index (χ4n) is 3.43. The van der Waals surface area contributed by atoms with Crippen molar-refractivity contribution in [3.63, 3.8) is 0 Å². The van der Waals surface area contributed by atoms with E-state index in [1.165, 1.54) is 11.8 Å². The molecule has 3 aromatic rings. The van der Waals surface area contributed by atoms with Gasteiger partial charge in [-0.2, -0.15) is 5.01 Å². The Morgan fingerprint density at radius 3 is 2.47 bits per heavy atom. The van der Waals surface area contributed by atoms with Gasteiger partial charge >= 0.3 is 6.03 Å². The van der Waals surface area contributed by atoms with E-state index >= 15 is 0 Å². The molecule has 176 valence electrons. The third-order valence-corrected chi connectivity index (χ3v) is 6.76. The van der Waals surface area contributed by atoms with E-state index in [1.807, 2.05) is 47.0 Å². The summed E-state index contributed by atoms with van der Waals surface area (Å²) < 4.78 is 1.92. The van der Waals surface area contributed by atoms with E-state index in [1.54, 1.807) is 26.0 Å². The molecule has 1 aliphatic heterocycles. The minimum Gasteiger partial charge on any atom is -0.322 e. The molecule has 2 heterocycles. The molecule has 4 rings (SSSR count). The average Bonchev–Trinajstić information content (AvgIpc) is 3.32. The van der Waals surface area contributed by atoms with Gasteiger partial charge in [0.1, 0.15) is 5.54 Å². The number of rotatable bonds is 8. The SMILES string of the molecule is CCC1(C)NC(=O)N(NC(=O)CSc2nnc(-c3ccc(Cl)cc3)n2Cc2ccccc2)C1=O. The normalized spacial score (nSPS) is 17.7. The maximum absolute atomic E-state index is 12.6. The van der Waals surface area contributed by atoms with Crippen LogP contribution in [0.5, 0.6) is 0 Å². The van der Waals surface area contributed by atoms with Crippen LogP contribution >= 0.6 is 23.4 Å². The topological polar surface area (TPSA) is 109 Å². The molecule has 1 atom stereocenters. The van der Waals surface area contributed by atoms with Gasteiger partial charge in [0.05, 0.1) is 12.3 Å². The summed E-state index contributed by atoms with van der Waals surface area (Å²) >= 11 is 7.19. The average molecular weight is 499 g/mol. The molecule has 1 aliphatic rings. The van der Waals surface area contributed by atoms with Crippen molar-refractivity contribution in [3.05, 3.63) is 65.2 Å². The molecule has 1 saturated heterocycles. The number of hydrazine groups is 1. The van der Waals surface area contributed by atoms with Crippen molar-refractivity contribution in [1.82, 2.24) is 30.5 Å². The molecule has 4 amide bonds. The van der Waals surface area contributed by atoms with Crippen LogP contribution in [0.1, 0.15) is 25.8 Å². The number of carbonyl (C=O) groups is 3. The van der Waals surface area contributed by atoms with Gasteiger partial charge in [0.2, 0.25) is 5.91 Å². The predicted molar refractivity (Wildman–Crippen MR) is 129 cm³/mol. The Bertz CT molecular complexity index is 1220. The highest BCUT2D eigenvalue weighted by molar-refractivity contribution is 7.99. The molecule has 1 unspecified atom stereocenters. The number of urea groups is 1. The van der Waals surface area contributed by atoms with Crippen LogP contribution in [0, 0.1) is 0 Å². The fourth-order valence-corrected chi connectivity index (χ4v) is 4.29. The maximum atomic E-state index is 12.6. The standard InChI is InChI=1S/C23H23ClN6O3S/c1-3-23(2)20(32)30(21(33)25-23)28-18(31)14-34-22-27-26-19(16-9-11-17(24)12-10-16)29(22)13-15-7-5-4-6-8-15/h4-12H,3,13-14H2,1-2H3,(H,25,33)(H,28,31). The van der Waals surface area contributed by atoms with E-state index in [0.29, 0.717) is 29.0 Å². The quantitative estimate of drug-likeness (QED) is 0.363. The zero-order valence-corrected chi connectivity index (χ0v) is 20.2. The van der Waals surface area contributed by atoms with Crippen molar-refractivity contribution in [1.29, 1.82) is 0 Å². The van der Waals surface area contributed by atoms with Crippen LogP contribution in [0.4, 0.5) is 4.79 Å². The second kappa shape index (κ2) is 9.86. The first-order valence-corrected chi connectivity index (χ1v) is 12.0. The molecule has 0 bridgehead atoms. The lowest BCUT2D eigenvalue weighted by molar-refractivity contribution is -0.137. The number of imide groups is 1. The second-order valence-electron chi connectivity index (χ2n) is 7.96. The molecule has 11 heteroatoms. The van der Waals surface area contributed by atoms with Crippen molar-refractivity contribution in [2.45, 2.75) is 37.5 Å². The molecule has 0 radical (unpaired) electrons. The van der Waals surface area contributed by atoms with Crippen LogP contribution < -0.4 is 10.7 Å². The Balaban J connectivity index is 1.51. The highest BCUT2D eigenvalue weighted by Crippen LogP contribution is 2.26. The Morgan fingerprint density at radius 1 is 1.12 bits per heavy atom. The smallest absolute Gasteiger partial charge is 0.322 e. The summed E-state index contributed by atoms with van der Waals surface area (Å²) in [6, 6.07) is 16.5. The minimum atomic E-state index is -1.03. The number of thioether (sulfide) groups is 1. The molecule has 2 N–H and O–H groups in total. The largest absolute Gasteiger partial charge is 0.344 e. The van der Waals surface area contributed by atoms with Gasteiger partial charge in [-0.15, -0.1) is 10.2 Å². The molecule has 1 fully saturated rings. The third kappa shape index (κ3) is 4.92. The number of amides is 4. The van der Waals surface area contributed by atoms with Crippen molar-refractivity contribution in [3.8, 4) is 11.4 Å². The molecule has 2 aromatic carbocycles. The summed E-state index contributed by atoms with van der Waals surface area (Å²) in [7, 11) is 0. The van der Waals surface area contributed by atoms with Crippen molar-refractivity contribution in [2.75, 3.05) is 5.75 Å². The van der Waals surface area contributed by atoms with E-state index in [4.69, 9.17) is 11.6 Å². The van der Waals surface area contributed by atoms with E-state index in [-0.39, 0.29) is 5.75 Å². The maximum Gasteiger partial charge on any atom is 0.344 e. The summed E-state index contributed by atoms with van der Waals surface area (Å²) in [4.78, 5) is 37.2. The number of nitrogens with one attached hydrogen (secondary N) is 2. The number of nitrogens with zero attached hydrogens (tertiary/aromatic N) is 4. The van der Waals surface area contributed by atoms with Gasteiger partial charge in [-0.1, -0.05) is 60.6 Å². The van der Waals surface area contributed by atoms with E-state index in [9.17, 15) is 14.4 Å². The zero-order valence-electron chi connectivity index (χ0n) is 18.6. The van der Waals surface area contributed by atoms with Gasteiger partial charge in [-0.25, -0.2) is 4.79 Å². The number of carbonyl (C=O) groups excluding carboxylic acids is 3.